The van der Waals surface area contributed by atoms with Gasteiger partial charge in [0.05, 0.1) is 28.8 Å². The molecule has 3 aromatic heterocycles. The van der Waals surface area contributed by atoms with Crippen LogP contribution in [0.15, 0.2) is 4.42 Å². The summed E-state index contributed by atoms with van der Waals surface area (Å²) in [6, 6.07) is -0.287. The first kappa shape index (κ1) is 26.2. The van der Waals surface area contributed by atoms with Crippen LogP contribution in [0, 0.1) is 13.8 Å². The number of carbonyl (C=O) groups excluding carboxylic acids is 2. The number of rotatable bonds is 7. The molecule has 1 fully saturated rings. The number of thiazole rings is 1. The maximum absolute atomic E-state index is 12.8. The maximum atomic E-state index is 12.8. The van der Waals surface area contributed by atoms with Crippen molar-refractivity contribution in [1.82, 2.24) is 25.5 Å². The highest BCUT2D eigenvalue weighted by molar-refractivity contribution is 7.18. The molecule has 194 valence electrons. The fraction of sp³-hybridized carbons (Fsp3) is 0.476. The zero-order valence-electron chi connectivity index (χ0n) is 19.9. The van der Waals surface area contributed by atoms with Crippen molar-refractivity contribution in [3.05, 3.63) is 27.3 Å². The molecule has 0 bridgehead atoms. The molecular weight excluding hydrogens is 535 g/mol. The number of piperidine rings is 1. The number of halogens is 2. The van der Waals surface area contributed by atoms with Gasteiger partial charge in [0.2, 0.25) is 11.0 Å². The van der Waals surface area contributed by atoms with Crippen LogP contribution < -0.4 is 15.0 Å². The van der Waals surface area contributed by atoms with Crippen molar-refractivity contribution in [3.63, 3.8) is 0 Å². The molecule has 2 N–H and O–H groups in total. The highest BCUT2D eigenvalue weighted by atomic mass is 35.5. The van der Waals surface area contributed by atoms with Crippen LogP contribution in [0.3, 0.4) is 0 Å². The second-order valence-electron chi connectivity index (χ2n) is 7.89. The van der Waals surface area contributed by atoms with Crippen LogP contribution in [0.4, 0.5) is 9.93 Å². The Kier molecular flexibility index (Phi) is 8.03. The lowest BCUT2D eigenvalue weighted by atomic mass is 10.0. The molecule has 0 radical (unpaired) electrons. The van der Waals surface area contributed by atoms with Crippen molar-refractivity contribution in [2.75, 3.05) is 31.7 Å². The van der Waals surface area contributed by atoms with Crippen molar-refractivity contribution in [1.29, 1.82) is 0 Å². The first-order valence-electron chi connectivity index (χ1n) is 11.0. The van der Waals surface area contributed by atoms with Gasteiger partial charge in [-0.05, 0) is 20.3 Å². The van der Waals surface area contributed by atoms with Gasteiger partial charge in [-0.15, -0.1) is 10.2 Å². The average molecular weight is 559 g/mol. The summed E-state index contributed by atoms with van der Waals surface area (Å²) in [5.41, 5.74) is 1.06. The SMILES string of the molecule is CCOC(=O)Oc1sc(N2CC[C@@H](NC(=O)c3[nH]c(C)c(Cl)c3Cl)[C@@H](OC)C2)nc1-c1nnc(C)o1. The van der Waals surface area contributed by atoms with Crippen molar-refractivity contribution in [2.45, 2.75) is 39.3 Å². The molecule has 0 aromatic carbocycles. The minimum absolute atomic E-state index is 0.122. The van der Waals surface area contributed by atoms with Gasteiger partial charge in [0.25, 0.3) is 11.8 Å². The summed E-state index contributed by atoms with van der Waals surface area (Å²) >= 11 is 13.4. The number of aromatic amines is 1. The predicted molar refractivity (Wildman–Crippen MR) is 132 cm³/mol. The molecular formula is C21H24Cl2N6O6S. The van der Waals surface area contributed by atoms with Crippen LogP contribution >= 0.6 is 34.5 Å². The molecule has 3 aromatic rings. The Hall–Kier alpha value is -2.87. The Labute approximate surface area is 220 Å². The third-order valence-corrected chi connectivity index (χ3v) is 7.42. The summed E-state index contributed by atoms with van der Waals surface area (Å²) < 4.78 is 21.4. The number of aromatic nitrogens is 4. The number of hydrogen-bond acceptors (Lipinski definition) is 11. The van der Waals surface area contributed by atoms with Crippen LogP contribution in [0.5, 0.6) is 5.06 Å². The number of hydrogen-bond donors (Lipinski definition) is 2. The molecule has 12 nitrogen and oxygen atoms in total. The van der Waals surface area contributed by atoms with Crippen LogP contribution in [-0.4, -0.2) is 71.2 Å². The van der Waals surface area contributed by atoms with Crippen LogP contribution in [0.25, 0.3) is 11.6 Å². The normalized spacial score (nSPS) is 17.8. The smallest absolute Gasteiger partial charge is 0.434 e. The van der Waals surface area contributed by atoms with Gasteiger partial charge >= 0.3 is 6.16 Å². The minimum atomic E-state index is -0.861. The fourth-order valence-corrected chi connectivity index (χ4v) is 5.07. The van der Waals surface area contributed by atoms with E-state index in [1.165, 1.54) is 0 Å². The zero-order valence-corrected chi connectivity index (χ0v) is 22.2. The van der Waals surface area contributed by atoms with Gasteiger partial charge in [0.1, 0.15) is 5.69 Å². The van der Waals surface area contributed by atoms with Gasteiger partial charge in [-0.25, -0.2) is 9.78 Å². The highest BCUT2D eigenvalue weighted by Crippen LogP contribution is 2.40. The second kappa shape index (κ2) is 11.0. The molecule has 0 unspecified atom stereocenters. The number of amides is 1. The molecule has 4 rings (SSSR count). The Morgan fingerprint density at radius 3 is 2.67 bits per heavy atom. The molecule has 36 heavy (non-hydrogen) atoms. The van der Waals surface area contributed by atoms with Gasteiger partial charge in [0.15, 0.2) is 10.8 Å². The van der Waals surface area contributed by atoms with Crippen LogP contribution in [0.2, 0.25) is 10.0 Å². The first-order chi connectivity index (χ1) is 17.2. The van der Waals surface area contributed by atoms with E-state index in [2.05, 4.69) is 25.5 Å². The standard InChI is InChI=1S/C21H24Cl2N6O6S/c1-5-33-21(31)35-19-16(18-28-27-10(3)34-18)26-20(36-19)29-7-6-11(12(8-29)32-4)25-17(30)15-14(23)13(22)9(2)24-15/h11-12,24H,5-8H2,1-4H3,(H,25,30)/t11-,12+/m1/s1. The van der Waals surface area contributed by atoms with Crippen LogP contribution in [-0.2, 0) is 9.47 Å². The van der Waals surface area contributed by atoms with E-state index in [0.717, 1.165) is 11.3 Å². The molecule has 0 saturated carbocycles. The topological polar surface area (TPSA) is 145 Å². The number of aryl methyl sites for hydroxylation is 2. The fourth-order valence-electron chi connectivity index (χ4n) is 3.71. The molecule has 1 aliphatic heterocycles. The third kappa shape index (κ3) is 5.43. The lowest BCUT2D eigenvalue weighted by molar-refractivity contribution is 0.0540. The summed E-state index contributed by atoms with van der Waals surface area (Å²) in [7, 11) is 1.57. The molecule has 1 saturated heterocycles. The Bertz CT molecular complexity index is 1260. The molecule has 0 spiro atoms. The number of H-pyrrole nitrogens is 1. The second-order valence-corrected chi connectivity index (χ2v) is 9.58. The maximum Gasteiger partial charge on any atom is 0.514 e. The Morgan fingerprint density at radius 2 is 2.06 bits per heavy atom. The highest BCUT2D eigenvalue weighted by Gasteiger charge is 2.34. The first-order valence-corrected chi connectivity index (χ1v) is 12.6. The van der Waals surface area contributed by atoms with E-state index in [0.29, 0.717) is 41.2 Å². The predicted octanol–water partition coefficient (Wildman–Crippen LogP) is 4.00. The number of nitrogens with zero attached hydrogens (tertiary/aromatic N) is 4. The summed E-state index contributed by atoms with van der Waals surface area (Å²) in [4.78, 5) is 34.3. The average Bonchev–Trinajstić information content (AvgIpc) is 3.53. The van der Waals surface area contributed by atoms with Crippen molar-refractivity contribution >= 4 is 51.7 Å². The van der Waals surface area contributed by atoms with E-state index in [-0.39, 0.29) is 52.0 Å². The van der Waals surface area contributed by atoms with Gasteiger partial charge in [-0.3, -0.25) is 4.79 Å². The summed E-state index contributed by atoms with van der Waals surface area (Å²) in [6.07, 6.45) is -0.669. The van der Waals surface area contributed by atoms with E-state index < -0.39 is 6.16 Å². The van der Waals surface area contributed by atoms with E-state index in [9.17, 15) is 9.59 Å². The molecule has 1 amide bonds. The molecule has 2 atom stereocenters. The molecule has 1 aliphatic rings. The Balaban J connectivity index is 1.51. The van der Waals surface area contributed by atoms with E-state index in [1.54, 1.807) is 27.9 Å². The van der Waals surface area contributed by atoms with Gasteiger partial charge in [-0.2, -0.15) is 0 Å². The number of methoxy groups -OCH3 is 1. The lowest BCUT2D eigenvalue weighted by Gasteiger charge is -2.37. The van der Waals surface area contributed by atoms with Gasteiger partial charge in [0, 0.05) is 32.8 Å². The molecule has 0 aliphatic carbocycles. The van der Waals surface area contributed by atoms with Gasteiger partial charge in [-0.1, -0.05) is 34.5 Å². The molecule has 15 heteroatoms. The van der Waals surface area contributed by atoms with E-state index in [1.807, 2.05) is 4.90 Å². The van der Waals surface area contributed by atoms with Crippen molar-refractivity contribution in [2.24, 2.45) is 0 Å². The van der Waals surface area contributed by atoms with E-state index >= 15 is 0 Å². The number of anilines is 1. The number of ether oxygens (including phenoxy) is 3. The summed E-state index contributed by atoms with van der Waals surface area (Å²) in [6.45, 7) is 6.17. The van der Waals surface area contributed by atoms with Gasteiger partial charge < -0.3 is 33.8 Å². The number of carbonyl (C=O) groups is 2. The zero-order chi connectivity index (χ0) is 26.0. The largest absolute Gasteiger partial charge is 0.514 e. The quantitative estimate of drug-likeness (QED) is 0.408. The summed E-state index contributed by atoms with van der Waals surface area (Å²) in [5, 5.41) is 12.0. The Morgan fingerprint density at radius 1 is 1.28 bits per heavy atom. The summed E-state index contributed by atoms with van der Waals surface area (Å²) in [5.74, 6) is 0.0942. The number of nitrogens with one attached hydrogen (secondary N) is 2. The lowest BCUT2D eigenvalue weighted by Crippen LogP contribution is -2.55. The monoisotopic (exact) mass is 558 g/mol. The van der Waals surface area contributed by atoms with Crippen molar-refractivity contribution < 1.29 is 28.2 Å². The van der Waals surface area contributed by atoms with E-state index in [4.69, 9.17) is 41.8 Å². The van der Waals surface area contributed by atoms with Crippen molar-refractivity contribution in [3.8, 4) is 16.6 Å². The minimum Gasteiger partial charge on any atom is -0.434 e. The molecule has 4 heterocycles. The van der Waals surface area contributed by atoms with Crippen LogP contribution in [0.1, 0.15) is 35.4 Å². The third-order valence-electron chi connectivity index (χ3n) is 5.48.